The summed E-state index contributed by atoms with van der Waals surface area (Å²) in [5, 5.41) is 5.34. The molecule has 0 atom stereocenters. The van der Waals surface area contributed by atoms with E-state index in [0.717, 1.165) is 16.0 Å². The maximum atomic E-state index is 12.7. The van der Waals surface area contributed by atoms with Crippen molar-refractivity contribution in [2.75, 3.05) is 0 Å². The zero-order valence-corrected chi connectivity index (χ0v) is 14.5. The molecular weight excluding hydrogens is 354 g/mol. The summed E-state index contributed by atoms with van der Waals surface area (Å²) in [4.78, 5) is 18.7. The van der Waals surface area contributed by atoms with Crippen molar-refractivity contribution in [3.63, 3.8) is 0 Å². The quantitative estimate of drug-likeness (QED) is 0.496. The van der Waals surface area contributed by atoms with Crippen LogP contribution in [0.1, 0.15) is 5.56 Å². The number of hydrogen-bond donors (Lipinski definition) is 0. The summed E-state index contributed by atoms with van der Waals surface area (Å²) >= 11 is 7.60. The van der Waals surface area contributed by atoms with Crippen molar-refractivity contribution in [3.8, 4) is 10.4 Å². The van der Waals surface area contributed by atoms with Crippen molar-refractivity contribution >= 4 is 39.4 Å². The largest absolute Gasteiger partial charge is 0.282 e. The maximum Gasteiger partial charge on any atom is 0.282 e. The highest BCUT2D eigenvalue weighted by atomic mass is 35.5. The fraction of sp³-hybridized carbons (Fsp3) is 0. The Kier molecular flexibility index (Phi) is 4.17. The molecule has 0 fully saturated rings. The Balaban J connectivity index is 1.76. The normalized spacial score (nSPS) is 11.4. The average Bonchev–Trinajstić information content (AvgIpc) is 3.08. The first-order valence-electron chi connectivity index (χ1n) is 7.58. The SMILES string of the molecule is O=c1c2cc(-c3ccccc3)sc2ncn1N=Cc1ccccc1Cl. The van der Waals surface area contributed by atoms with Gasteiger partial charge in [0.1, 0.15) is 11.2 Å². The van der Waals surface area contributed by atoms with Crippen LogP contribution >= 0.6 is 22.9 Å². The highest BCUT2D eigenvalue weighted by molar-refractivity contribution is 7.21. The number of hydrogen-bond acceptors (Lipinski definition) is 4. The molecule has 122 valence electrons. The molecule has 0 saturated heterocycles. The predicted octanol–water partition coefficient (Wildman–Crippen LogP) is 4.66. The lowest BCUT2D eigenvalue weighted by molar-refractivity contribution is 0.819. The van der Waals surface area contributed by atoms with Gasteiger partial charge in [-0.15, -0.1) is 11.3 Å². The van der Waals surface area contributed by atoms with Crippen LogP contribution in [0.25, 0.3) is 20.7 Å². The van der Waals surface area contributed by atoms with Gasteiger partial charge < -0.3 is 0 Å². The van der Waals surface area contributed by atoms with Crippen LogP contribution in [0.3, 0.4) is 0 Å². The van der Waals surface area contributed by atoms with E-state index in [2.05, 4.69) is 10.1 Å². The lowest BCUT2D eigenvalue weighted by Gasteiger charge is -1.98. The molecule has 0 saturated carbocycles. The van der Waals surface area contributed by atoms with E-state index in [0.29, 0.717) is 15.2 Å². The zero-order chi connectivity index (χ0) is 17.2. The second kappa shape index (κ2) is 6.63. The minimum atomic E-state index is -0.202. The number of nitrogens with zero attached hydrogens (tertiary/aromatic N) is 3. The Hall–Kier alpha value is -2.76. The molecule has 0 aliphatic carbocycles. The Morgan fingerprint density at radius 3 is 2.64 bits per heavy atom. The summed E-state index contributed by atoms with van der Waals surface area (Å²) < 4.78 is 1.23. The van der Waals surface area contributed by atoms with Crippen LogP contribution in [0.2, 0.25) is 5.02 Å². The van der Waals surface area contributed by atoms with Crippen LogP contribution in [0.15, 0.2) is 76.9 Å². The van der Waals surface area contributed by atoms with Gasteiger partial charge in [-0.05, 0) is 17.7 Å². The first-order valence-corrected chi connectivity index (χ1v) is 8.77. The predicted molar refractivity (Wildman–Crippen MR) is 104 cm³/mol. The number of rotatable bonds is 3. The van der Waals surface area contributed by atoms with E-state index in [1.807, 2.05) is 54.6 Å². The van der Waals surface area contributed by atoms with E-state index in [1.54, 1.807) is 12.3 Å². The van der Waals surface area contributed by atoms with Gasteiger partial charge in [-0.2, -0.15) is 9.78 Å². The third-order valence-corrected chi connectivity index (χ3v) is 5.16. The Labute approximate surface area is 152 Å². The third kappa shape index (κ3) is 3.12. The van der Waals surface area contributed by atoms with Crippen molar-refractivity contribution in [1.29, 1.82) is 0 Å². The molecule has 2 aromatic carbocycles. The molecule has 4 aromatic rings. The van der Waals surface area contributed by atoms with Crippen molar-refractivity contribution in [3.05, 3.63) is 87.9 Å². The van der Waals surface area contributed by atoms with Gasteiger partial charge >= 0.3 is 0 Å². The van der Waals surface area contributed by atoms with Gasteiger partial charge in [0, 0.05) is 15.5 Å². The molecule has 0 unspecified atom stereocenters. The molecule has 0 spiro atoms. The number of aromatic nitrogens is 2. The zero-order valence-electron chi connectivity index (χ0n) is 13.0. The first kappa shape index (κ1) is 15.7. The minimum absolute atomic E-state index is 0.202. The van der Waals surface area contributed by atoms with Gasteiger partial charge in [0.25, 0.3) is 5.56 Å². The Morgan fingerprint density at radius 2 is 1.84 bits per heavy atom. The van der Waals surface area contributed by atoms with Gasteiger partial charge in [-0.25, -0.2) is 4.98 Å². The van der Waals surface area contributed by atoms with E-state index < -0.39 is 0 Å². The molecule has 6 heteroatoms. The molecule has 25 heavy (non-hydrogen) atoms. The van der Waals surface area contributed by atoms with Crippen LogP contribution in [0.4, 0.5) is 0 Å². The van der Waals surface area contributed by atoms with Gasteiger partial charge in [0.05, 0.1) is 11.6 Å². The van der Waals surface area contributed by atoms with E-state index in [4.69, 9.17) is 11.6 Å². The molecule has 0 radical (unpaired) electrons. The van der Waals surface area contributed by atoms with E-state index in [-0.39, 0.29) is 5.56 Å². The van der Waals surface area contributed by atoms with Crippen LogP contribution in [-0.4, -0.2) is 15.9 Å². The second-order valence-corrected chi connectivity index (χ2v) is 6.79. The summed E-state index contributed by atoms with van der Waals surface area (Å²) in [7, 11) is 0. The Bertz CT molecular complexity index is 1130. The second-order valence-electron chi connectivity index (χ2n) is 5.36. The summed E-state index contributed by atoms with van der Waals surface area (Å²) in [5.74, 6) is 0. The molecule has 4 rings (SSSR count). The summed E-state index contributed by atoms with van der Waals surface area (Å²) in [5.41, 5.74) is 1.61. The molecule has 4 nitrogen and oxygen atoms in total. The molecule has 2 heterocycles. The number of fused-ring (bicyclic) bond motifs is 1. The monoisotopic (exact) mass is 365 g/mol. The smallest absolute Gasteiger partial charge is 0.267 e. The molecule has 0 aliphatic heterocycles. The standard InChI is InChI=1S/C19H12ClN3OS/c20-16-9-5-4-8-14(16)11-22-23-12-21-18-15(19(23)24)10-17(25-18)13-6-2-1-3-7-13/h1-12H. The lowest BCUT2D eigenvalue weighted by atomic mass is 10.2. The number of thiophene rings is 1. The van der Waals surface area contributed by atoms with Crippen LogP contribution < -0.4 is 5.56 Å². The maximum absolute atomic E-state index is 12.7. The molecule has 0 N–H and O–H groups in total. The van der Waals surface area contributed by atoms with Gasteiger partial charge in [-0.1, -0.05) is 60.1 Å². The summed E-state index contributed by atoms with van der Waals surface area (Å²) in [6.07, 6.45) is 2.99. The summed E-state index contributed by atoms with van der Waals surface area (Å²) in [6, 6.07) is 19.1. The van der Waals surface area contributed by atoms with Crippen LogP contribution in [0.5, 0.6) is 0 Å². The van der Waals surface area contributed by atoms with Gasteiger partial charge in [0.15, 0.2) is 0 Å². The fourth-order valence-electron chi connectivity index (χ4n) is 2.44. The fourth-order valence-corrected chi connectivity index (χ4v) is 3.62. The Morgan fingerprint density at radius 1 is 1.08 bits per heavy atom. The van der Waals surface area contributed by atoms with Crippen molar-refractivity contribution in [1.82, 2.24) is 9.66 Å². The molecule has 0 amide bonds. The molecule has 2 aromatic heterocycles. The topological polar surface area (TPSA) is 47.2 Å². The van der Waals surface area contributed by atoms with Crippen molar-refractivity contribution < 1.29 is 0 Å². The lowest BCUT2D eigenvalue weighted by Crippen LogP contribution is -2.16. The van der Waals surface area contributed by atoms with E-state index in [9.17, 15) is 4.79 Å². The van der Waals surface area contributed by atoms with E-state index in [1.165, 1.54) is 22.3 Å². The van der Waals surface area contributed by atoms with Crippen LogP contribution in [-0.2, 0) is 0 Å². The highest BCUT2D eigenvalue weighted by Crippen LogP contribution is 2.30. The molecule has 0 aliphatic rings. The molecule has 0 bridgehead atoms. The number of benzene rings is 2. The van der Waals surface area contributed by atoms with Crippen molar-refractivity contribution in [2.24, 2.45) is 5.10 Å². The minimum Gasteiger partial charge on any atom is -0.267 e. The number of halogens is 1. The molecular formula is C19H12ClN3OS. The average molecular weight is 366 g/mol. The third-order valence-electron chi connectivity index (χ3n) is 3.72. The summed E-state index contributed by atoms with van der Waals surface area (Å²) in [6.45, 7) is 0. The highest BCUT2D eigenvalue weighted by Gasteiger charge is 2.10. The van der Waals surface area contributed by atoms with Gasteiger partial charge in [-0.3, -0.25) is 4.79 Å². The first-order chi connectivity index (χ1) is 12.2. The van der Waals surface area contributed by atoms with Crippen molar-refractivity contribution in [2.45, 2.75) is 0 Å². The van der Waals surface area contributed by atoms with Crippen LogP contribution in [0, 0.1) is 0 Å². The van der Waals surface area contributed by atoms with E-state index >= 15 is 0 Å². The van der Waals surface area contributed by atoms with Gasteiger partial charge in [0.2, 0.25) is 0 Å².